The first-order valence-corrected chi connectivity index (χ1v) is 7.93. The largest absolute Gasteiger partial charge is 0.350 e. The van der Waals surface area contributed by atoms with Gasteiger partial charge in [-0.1, -0.05) is 34.1 Å². The van der Waals surface area contributed by atoms with Crippen molar-refractivity contribution in [2.24, 2.45) is 0 Å². The highest BCUT2D eigenvalue weighted by atomic mass is 79.9. The van der Waals surface area contributed by atoms with Crippen LogP contribution in [0.1, 0.15) is 18.5 Å². The molecule has 2 aromatic heterocycles. The predicted molar refractivity (Wildman–Crippen MR) is 90.2 cm³/mol. The number of amides is 1. The fraction of sp³-hybridized carbons (Fsp3) is 0.188. The highest BCUT2D eigenvalue weighted by Gasteiger charge is 2.18. The highest BCUT2D eigenvalue weighted by Crippen LogP contribution is 2.15. The van der Waals surface area contributed by atoms with Gasteiger partial charge in [-0.25, -0.2) is 4.68 Å². The number of hydrogen-bond donors (Lipinski definition) is 1. The van der Waals surface area contributed by atoms with Crippen LogP contribution in [0.4, 0.5) is 0 Å². The molecular formula is C16H15BrN4O2. The summed E-state index contributed by atoms with van der Waals surface area (Å²) in [5.74, 6) is -0.258. The monoisotopic (exact) mass is 374 g/mol. The quantitative estimate of drug-likeness (QED) is 0.760. The Bertz CT molecular complexity index is 916. The molecule has 1 aromatic carbocycles. The molecule has 0 aliphatic heterocycles. The van der Waals surface area contributed by atoms with Gasteiger partial charge in [0.05, 0.1) is 0 Å². The molecule has 3 aromatic rings. The molecule has 2 heterocycles. The Labute approximate surface area is 140 Å². The molecule has 3 rings (SSSR count). The van der Waals surface area contributed by atoms with Crippen LogP contribution >= 0.6 is 15.9 Å². The SMILES string of the molecule is C[C@@H](C(=O)NCc1ccccc1Br)n1ncn2cccc2c1=O. The maximum atomic E-state index is 12.4. The van der Waals surface area contributed by atoms with Crippen molar-refractivity contribution in [1.82, 2.24) is 19.5 Å². The van der Waals surface area contributed by atoms with Gasteiger partial charge in [-0.2, -0.15) is 5.10 Å². The van der Waals surface area contributed by atoms with Gasteiger partial charge in [0.25, 0.3) is 5.56 Å². The van der Waals surface area contributed by atoms with Crippen molar-refractivity contribution in [2.45, 2.75) is 19.5 Å². The van der Waals surface area contributed by atoms with Crippen LogP contribution in [0.25, 0.3) is 5.52 Å². The molecule has 1 N–H and O–H groups in total. The van der Waals surface area contributed by atoms with Gasteiger partial charge in [0, 0.05) is 17.2 Å². The molecule has 0 unspecified atom stereocenters. The summed E-state index contributed by atoms with van der Waals surface area (Å²) in [7, 11) is 0. The third-order valence-electron chi connectivity index (χ3n) is 3.66. The number of nitrogens with zero attached hydrogens (tertiary/aromatic N) is 3. The number of aromatic nitrogens is 3. The Hall–Kier alpha value is -2.41. The lowest BCUT2D eigenvalue weighted by molar-refractivity contribution is -0.124. The minimum atomic E-state index is -0.690. The molecule has 0 radical (unpaired) electrons. The average Bonchev–Trinajstić information content (AvgIpc) is 3.03. The fourth-order valence-corrected chi connectivity index (χ4v) is 2.74. The lowest BCUT2D eigenvalue weighted by atomic mass is 10.2. The number of halogens is 1. The molecular weight excluding hydrogens is 360 g/mol. The summed E-state index contributed by atoms with van der Waals surface area (Å²) in [5.41, 5.74) is 1.17. The van der Waals surface area contributed by atoms with E-state index >= 15 is 0 Å². The van der Waals surface area contributed by atoms with Gasteiger partial charge in [-0.15, -0.1) is 0 Å². The van der Waals surface area contributed by atoms with Gasteiger partial charge in [0.15, 0.2) is 0 Å². The normalized spacial score (nSPS) is 12.3. The minimum Gasteiger partial charge on any atom is -0.350 e. The van der Waals surface area contributed by atoms with Crippen molar-refractivity contribution in [3.05, 3.63) is 69.3 Å². The molecule has 1 amide bonds. The summed E-state index contributed by atoms with van der Waals surface area (Å²) in [6.07, 6.45) is 3.26. The molecule has 0 aliphatic rings. The van der Waals surface area contributed by atoms with Crippen molar-refractivity contribution < 1.29 is 4.79 Å². The van der Waals surface area contributed by atoms with Crippen LogP contribution in [-0.4, -0.2) is 20.1 Å². The van der Waals surface area contributed by atoms with E-state index in [1.54, 1.807) is 29.7 Å². The van der Waals surface area contributed by atoms with E-state index in [-0.39, 0.29) is 11.5 Å². The molecule has 23 heavy (non-hydrogen) atoms. The van der Waals surface area contributed by atoms with E-state index in [2.05, 4.69) is 26.3 Å². The van der Waals surface area contributed by atoms with E-state index < -0.39 is 6.04 Å². The third kappa shape index (κ3) is 3.05. The van der Waals surface area contributed by atoms with Crippen LogP contribution in [0, 0.1) is 0 Å². The summed E-state index contributed by atoms with van der Waals surface area (Å²) in [6, 6.07) is 10.4. The highest BCUT2D eigenvalue weighted by molar-refractivity contribution is 9.10. The van der Waals surface area contributed by atoms with Gasteiger partial charge >= 0.3 is 0 Å². The van der Waals surface area contributed by atoms with Gasteiger partial charge in [-0.05, 0) is 30.7 Å². The third-order valence-corrected chi connectivity index (χ3v) is 4.44. The first-order chi connectivity index (χ1) is 11.1. The van der Waals surface area contributed by atoms with E-state index in [9.17, 15) is 9.59 Å². The Morgan fingerprint density at radius 3 is 2.87 bits per heavy atom. The van der Waals surface area contributed by atoms with E-state index in [1.165, 1.54) is 11.0 Å². The molecule has 0 aliphatic carbocycles. The Morgan fingerprint density at radius 1 is 1.30 bits per heavy atom. The fourth-order valence-electron chi connectivity index (χ4n) is 2.32. The van der Waals surface area contributed by atoms with Crippen LogP contribution in [0.5, 0.6) is 0 Å². The summed E-state index contributed by atoms with van der Waals surface area (Å²) in [5, 5.41) is 6.90. The van der Waals surface area contributed by atoms with Crippen LogP contribution in [0.2, 0.25) is 0 Å². The van der Waals surface area contributed by atoms with E-state index in [4.69, 9.17) is 0 Å². The van der Waals surface area contributed by atoms with Crippen molar-refractivity contribution in [3.8, 4) is 0 Å². The minimum absolute atomic E-state index is 0.258. The zero-order valence-corrected chi connectivity index (χ0v) is 14.0. The molecule has 0 saturated heterocycles. The first-order valence-electron chi connectivity index (χ1n) is 7.13. The molecule has 6 nitrogen and oxygen atoms in total. The van der Waals surface area contributed by atoms with Crippen molar-refractivity contribution >= 4 is 27.4 Å². The Morgan fingerprint density at radius 2 is 2.09 bits per heavy atom. The average molecular weight is 375 g/mol. The number of benzene rings is 1. The predicted octanol–water partition coefficient (Wildman–Crippen LogP) is 2.14. The van der Waals surface area contributed by atoms with Gasteiger partial charge in [0.2, 0.25) is 5.91 Å². The Kier molecular flexibility index (Phi) is 4.29. The molecule has 0 fully saturated rings. The van der Waals surface area contributed by atoms with Crippen molar-refractivity contribution in [2.75, 3.05) is 0 Å². The summed E-state index contributed by atoms with van der Waals surface area (Å²) in [6.45, 7) is 2.04. The molecule has 0 bridgehead atoms. The molecule has 1 atom stereocenters. The maximum Gasteiger partial charge on any atom is 0.291 e. The standard InChI is InChI=1S/C16H15BrN4O2/c1-11(15(22)18-9-12-5-2-3-6-13(12)17)21-16(23)14-7-4-8-20(14)10-19-21/h2-8,10-11H,9H2,1H3,(H,18,22)/t11-/m0/s1. The van der Waals surface area contributed by atoms with Gasteiger partial charge in [0.1, 0.15) is 17.9 Å². The molecule has 0 saturated carbocycles. The maximum absolute atomic E-state index is 12.4. The zero-order chi connectivity index (χ0) is 16.4. The van der Waals surface area contributed by atoms with E-state index in [0.717, 1.165) is 10.0 Å². The smallest absolute Gasteiger partial charge is 0.291 e. The number of carbonyl (C=O) groups is 1. The summed E-state index contributed by atoms with van der Waals surface area (Å²) < 4.78 is 3.76. The van der Waals surface area contributed by atoms with Crippen LogP contribution in [-0.2, 0) is 11.3 Å². The Balaban J connectivity index is 1.77. The lowest BCUT2D eigenvalue weighted by Gasteiger charge is -2.14. The van der Waals surface area contributed by atoms with E-state index in [0.29, 0.717) is 12.1 Å². The number of fused-ring (bicyclic) bond motifs is 1. The lowest BCUT2D eigenvalue weighted by Crippen LogP contribution is -2.37. The van der Waals surface area contributed by atoms with Crippen molar-refractivity contribution in [3.63, 3.8) is 0 Å². The number of hydrogen-bond acceptors (Lipinski definition) is 3. The van der Waals surface area contributed by atoms with Crippen LogP contribution in [0.3, 0.4) is 0 Å². The number of rotatable bonds is 4. The van der Waals surface area contributed by atoms with Crippen LogP contribution < -0.4 is 10.9 Å². The second-order valence-electron chi connectivity index (χ2n) is 5.17. The van der Waals surface area contributed by atoms with E-state index in [1.807, 2.05) is 24.3 Å². The summed E-state index contributed by atoms with van der Waals surface area (Å²) >= 11 is 3.44. The number of carbonyl (C=O) groups excluding carboxylic acids is 1. The van der Waals surface area contributed by atoms with Gasteiger partial charge < -0.3 is 9.72 Å². The number of nitrogens with one attached hydrogen (secondary N) is 1. The summed E-state index contributed by atoms with van der Waals surface area (Å²) in [4.78, 5) is 24.7. The second-order valence-corrected chi connectivity index (χ2v) is 6.02. The zero-order valence-electron chi connectivity index (χ0n) is 12.4. The second kappa shape index (κ2) is 6.37. The first kappa shape index (κ1) is 15.5. The molecule has 7 heteroatoms. The van der Waals surface area contributed by atoms with Crippen molar-refractivity contribution in [1.29, 1.82) is 0 Å². The van der Waals surface area contributed by atoms with Crippen LogP contribution in [0.15, 0.2) is 58.2 Å². The molecule has 0 spiro atoms. The van der Waals surface area contributed by atoms with Gasteiger partial charge in [-0.3, -0.25) is 9.59 Å². The topological polar surface area (TPSA) is 68.4 Å². The molecule has 118 valence electrons.